The lowest BCUT2D eigenvalue weighted by molar-refractivity contribution is -0.0295. The minimum atomic E-state index is -1.15. The van der Waals surface area contributed by atoms with Gasteiger partial charge in [-0.15, -0.1) is 0 Å². The van der Waals surface area contributed by atoms with Gasteiger partial charge >= 0.3 is 0 Å². The van der Waals surface area contributed by atoms with Crippen LogP contribution in [0.4, 0.5) is 15.9 Å². The van der Waals surface area contributed by atoms with Crippen molar-refractivity contribution in [2.75, 3.05) is 18.5 Å². The zero-order valence-corrected chi connectivity index (χ0v) is 20.8. The molecule has 0 amide bonds. The number of anilines is 2. The first-order chi connectivity index (χ1) is 17.9. The van der Waals surface area contributed by atoms with E-state index in [1.165, 1.54) is 18.5 Å². The number of nitrogens with zero attached hydrogens (tertiary/aromatic N) is 3. The molecule has 9 nitrogen and oxygen atoms in total. The lowest BCUT2D eigenvalue weighted by atomic mass is 10.1. The van der Waals surface area contributed by atoms with Gasteiger partial charge in [0.1, 0.15) is 35.8 Å². The summed E-state index contributed by atoms with van der Waals surface area (Å²) in [4.78, 5) is 8.97. The maximum absolute atomic E-state index is 13.5. The molecule has 10 heteroatoms. The summed E-state index contributed by atoms with van der Waals surface area (Å²) in [5.74, 6) is 1.36. The third-order valence-electron chi connectivity index (χ3n) is 6.32. The lowest BCUT2D eigenvalue weighted by Crippen LogP contribution is -2.30. The number of fused-ring (bicyclic) bond motifs is 1. The van der Waals surface area contributed by atoms with Crippen LogP contribution in [0.2, 0.25) is 0 Å². The number of rotatable bonds is 8. The van der Waals surface area contributed by atoms with Crippen LogP contribution in [0.15, 0.2) is 55.0 Å². The summed E-state index contributed by atoms with van der Waals surface area (Å²) >= 11 is 0. The van der Waals surface area contributed by atoms with Crippen LogP contribution in [-0.4, -0.2) is 56.3 Å². The molecule has 1 aliphatic heterocycles. The van der Waals surface area contributed by atoms with Gasteiger partial charge in [-0.1, -0.05) is 6.07 Å². The molecule has 3 N–H and O–H groups in total. The van der Waals surface area contributed by atoms with Gasteiger partial charge in [0, 0.05) is 17.4 Å². The molecule has 0 saturated carbocycles. The van der Waals surface area contributed by atoms with Crippen LogP contribution in [0.5, 0.6) is 11.5 Å². The van der Waals surface area contributed by atoms with Gasteiger partial charge < -0.3 is 34.3 Å². The van der Waals surface area contributed by atoms with E-state index in [0.29, 0.717) is 47.3 Å². The van der Waals surface area contributed by atoms with E-state index in [2.05, 4.69) is 15.3 Å². The summed E-state index contributed by atoms with van der Waals surface area (Å²) in [7, 11) is 0. The topological polar surface area (TPSA) is 111 Å². The molecular weight excluding hydrogens is 479 g/mol. The van der Waals surface area contributed by atoms with Crippen LogP contribution in [0, 0.1) is 5.82 Å². The Hall–Kier alpha value is -3.73. The highest BCUT2D eigenvalue weighted by Crippen LogP contribution is 2.41. The molecule has 0 radical (unpaired) electrons. The first kappa shape index (κ1) is 24.9. The van der Waals surface area contributed by atoms with Crippen LogP contribution in [-0.2, 0) is 4.74 Å². The molecule has 0 spiro atoms. The quantitative estimate of drug-likeness (QED) is 0.321. The number of aromatic nitrogens is 3. The number of hydrogen-bond donors (Lipinski definition) is 3. The van der Waals surface area contributed by atoms with Gasteiger partial charge in [-0.2, -0.15) is 0 Å². The summed E-state index contributed by atoms with van der Waals surface area (Å²) in [6.45, 7) is 6.47. The van der Waals surface area contributed by atoms with Gasteiger partial charge in [0.05, 0.1) is 24.7 Å². The Morgan fingerprint density at radius 3 is 2.41 bits per heavy atom. The Kier molecular flexibility index (Phi) is 6.96. The fourth-order valence-corrected chi connectivity index (χ4v) is 4.54. The molecule has 4 aromatic rings. The van der Waals surface area contributed by atoms with Crippen molar-refractivity contribution >= 4 is 22.5 Å². The van der Waals surface area contributed by atoms with E-state index in [-0.39, 0.29) is 5.82 Å². The molecule has 0 unspecified atom stereocenters. The summed E-state index contributed by atoms with van der Waals surface area (Å²) in [5.41, 5.74) is 2.68. The Balaban J connectivity index is 1.69. The first-order valence-electron chi connectivity index (χ1n) is 12.2. The maximum atomic E-state index is 13.5. The second kappa shape index (κ2) is 10.3. The van der Waals surface area contributed by atoms with E-state index in [1.54, 1.807) is 23.6 Å². The van der Waals surface area contributed by atoms with Crippen molar-refractivity contribution in [3.8, 4) is 22.6 Å². The number of aliphatic hydroxyl groups is 2. The molecule has 2 aromatic carbocycles. The van der Waals surface area contributed by atoms with Crippen LogP contribution in [0.1, 0.15) is 27.0 Å². The van der Waals surface area contributed by atoms with Crippen LogP contribution in [0.3, 0.4) is 0 Å². The average molecular weight is 509 g/mol. The van der Waals surface area contributed by atoms with Crippen molar-refractivity contribution in [3.05, 3.63) is 60.8 Å². The van der Waals surface area contributed by atoms with Gasteiger partial charge in [-0.25, -0.2) is 14.4 Å². The molecule has 5 rings (SSSR count). The number of nitrogens with one attached hydrogen (secondary N) is 1. The van der Waals surface area contributed by atoms with Gasteiger partial charge in [-0.05, 0) is 62.7 Å². The van der Waals surface area contributed by atoms with Crippen molar-refractivity contribution in [3.63, 3.8) is 0 Å². The van der Waals surface area contributed by atoms with Gasteiger partial charge in [0.2, 0.25) is 0 Å². The van der Waals surface area contributed by atoms with Gasteiger partial charge in [0.25, 0.3) is 0 Å². The second-order valence-corrected chi connectivity index (χ2v) is 8.74. The smallest absolute Gasteiger partial charge is 0.164 e. The number of aliphatic hydroxyl groups excluding tert-OH is 2. The van der Waals surface area contributed by atoms with Gasteiger partial charge in [-0.3, -0.25) is 0 Å². The van der Waals surface area contributed by atoms with E-state index in [0.717, 1.165) is 11.1 Å². The highest BCUT2D eigenvalue weighted by atomic mass is 19.1. The molecule has 4 atom stereocenters. The minimum Gasteiger partial charge on any atom is -0.490 e. The zero-order chi connectivity index (χ0) is 26.1. The molecule has 1 saturated heterocycles. The van der Waals surface area contributed by atoms with Crippen LogP contribution < -0.4 is 14.8 Å². The van der Waals surface area contributed by atoms with E-state index >= 15 is 0 Å². The largest absolute Gasteiger partial charge is 0.490 e. The van der Waals surface area contributed by atoms with Gasteiger partial charge in [0.15, 0.2) is 17.7 Å². The highest BCUT2D eigenvalue weighted by molar-refractivity contribution is 6.02. The fourth-order valence-electron chi connectivity index (χ4n) is 4.54. The highest BCUT2D eigenvalue weighted by Gasteiger charge is 2.42. The predicted octanol–water partition coefficient (Wildman–Crippen LogP) is 4.42. The SMILES string of the molecule is CCOc1ccc(-c2cn([C@@H]3O[C@H](C)[C@@H](O)[C@H]3O)c3ncnc(Nc4ccc(F)cc4)c23)cc1OCC. The van der Waals surface area contributed by atoms with E-state index in [4.69, 9.17) is 14.2 Å². The molecule has 2 aromatic heterocycles. The van der Waals surface area contributed by atoms with Crippen molar-refractivity contribution in [1.82, 2.24) is 14.5 Å². The molecule has 194 valence electrons. The number of ether oxygens (including phenoxy) is 3. The summed E-state index contributed by atoms with van der Waals surface area (Å²) < 4.78 is 32.7. The normalized spacial score (nSPS) is 21.4. The number of hydrogen-bond acceptors (Lipinski definition) is 8. The molecular formula is C27H29FN4O5. The molecule has 0 bridgehead atoms. The van der Waals surface area contributed by atoms with E-state index < -0.39 is 24.5 Å². The maximum Gasteiger partial charge on any atom is 0.164 e. The molecule has 3 heterocycles. The monoisotopic (exact) mass is 508 g/mol. The fraction of sp³-hybridized carbons (Fsp3) is 0.333. The Labute approximate surface area is 213 Å². The number of halogens is 1. The Bertz CT molecular complexity index is 1390. The summed E-state index contributed by atoms with van der Waals surface area (Å²) in [5, 5.41) is 25.0. The van der Waals surface area contributed by atoms with Crippen molar-refractivity contribution in [1.29, 1.82) is 0 Å². The van der Waals surface area contributed by atoms with Crippen LogP contribution in [0.25, 0.3) is 22.2 Å². The third-order valence-corrected chi connectivity index (χ3v) is 6.32. The molecule has 1 fully saturated rings. The van der Waals surface area contributed by atoms with Crippen LogP contribution >= 0.6 is 0 Å². The van der Waals surface area contributed by atoms with E-state index in [9.17, 15) is 14.6 Å². The number of benzene rings is 2. The Morgan fingerprint density at radius 1 is 1.00 bits per heavy atom. The predicted molar refractivity (Wildman–Crippen MR) is 137 cm³/mol. The molecule has 37 heavy (non-hydrogen) atoms. The molecule has 1 aliphatic rings. The third kappa shape index (κ3) is 4.71. The minimum absolute atomic E-state index is 0.344. The summed E-state index contributed by atoms with van der Waals surface area (Å²) in [6, 6.07) is 11.6. The average Bonchev–Trinajstić information content (AvgIpc) is 3.40. The second-order valence-electron chi connectivity index (χ2n) is 8.74. The van der Waals surface area contributed by atoms with Crippen molar-refractivity contribution in [2.24, 2.45) is 0 Å². The summed E-state index contributed by atoms with van der Waals surface area (Å²) in [6.07, 6.45) is -0.391. The van der Waals surface area contributed by atoms with E-state index in [1.807, 2.05) is 38.2 Å². The standard InChI is InChI=1S/C27H29FN4O5/c1-4-35-20-11-6-16(12-21(20)36-5-2)19-13-32(27-24(34)23(33)15(3)37-27)26-22(19)25(29-14-30-26)31-18-9-7-17(28)8-10-18/h6-15,23-24,27,33-34H,4-5H2,1-3H3,(H,29,30,31)/t15-,23-,24-,27-/m1/s1. The molecule has 0 aliphatic carbocycles. The Morgan fingerprint density at radius 2 is 1.73 bits per heavy atom. The van der Waals surface area contributed by atoms with Crippen molar-refractivity contribution < 1.29 is 28.8 Å². The van der Waals surface area contributed by atoms with Crippen molar-refractivity contribution in [2.45, 2.75) is 45.3 Å². The lowest BCUT2D eigenvalue weighted by Gasteiger charge is -2.17. The zero-order valence-electron chi connectivity index (χ0n) is 20.8. The first-order valence-corrected chi connectivity index (χ1v) is 12.2.